The Morgan fingerprint density at radius 1 is 1.03 bits per heavy atom. The molecule has 0 radical (unpaired) electrons. The smallest absolute Gasteiger partial charge is 0.313 e. The first-order chi connectivity index (χ1) is 14.6. The lowest BCUT2D eigenvalue weighted by Crippen LogP contribution is -2.35. The molecule has 1 N–H and O–H groups in total. The van der Waals surface area contributed by atoms with Crippen LogP contribution in [0.2, 0.25) is 0 Å². The van der Waals surface area contributed by atoms with E-state index in [0.29, 0.717) is 6.07 Å². The maximum absolute atomic E-state index is 13.0. The van der Waals surface area contributed by atoms with E-state index in [9.17, 15) is 40.2 Å². The number of hydrogen-bond acceptors (Lipinski definition) is 9. The highest BCUT2D eigenvalue weighted by Crippen LogP contribution is 2.49. The van der Waals surface area contributed by atoms with Gasteiger partial charge in [0.25, 0.3) is 17.3 Å². The predicted molar refractivity (Wildman–Crippen MR) is 107 cm³/mol. The molecule has 0 saturated carbocycles. The fraction of sp³-hybridized carbons (Fsp3) is 0.211. The van der Waals surface area contributed by atoms with E-state index in [2.05, 4.69) is 0 Å². The first kappa shape index (κ1) is 21.4. The minimum Gasteiger partial charge on any atom is -0.490 e. The highest BCUT2D eigenvalue weighted by Gasteiger charge is 2.48. The molecule has 0 aromatic heterocycles. The van der Waals surface area contributed by atoms with E-state index in [-0.39, 0.29) is 16.8 Å². The summed E-state index contributed by atoms with van der Waals surface area (Å²) in [5.74, 6) is -4.04. The van der Waals surface area contributed by atoms with Gasteiger partial charge in [0.15, 0.2) is 5.78 Å². The van der Waals surface area contributed by atoms with Crippen LogP contribution in [-0.4, -0.2) is 32.7 Å². The summed E-state index contributed by atoms with van der Waals surface area (Å²) in [7, 11) is 1.16. The molecule has 1 aliphatic heterocycles. The Labute approximate surface area is 174 Å². The minimum absolute atomic E-state index is 0.162. The van der Waals surface area contributed by atoms with Crippen molar-refractivity contribution >= 4 is 22.8 Å². The summed E-state index contributed by atoms with van der Waals surface area (Å²) in [6.07, 6.45) is 0. The van der Waals surface area contributed by atoms with E-state index in [1.54, 1.807) is 18.2 Å². The van der Waals surface area contributed by atoms with Crippen molar-refractivity contribution in [3.8, 4) is 0 Å². The third kappa shape index (κ3) is 3.54. The molecule has 0 amide bonds. The molecule has 3 rings (SSSR count). The standard InChI is InChI=1S/C19H16N4O8/c1-10(18(24)11-6-4-3-5-7-11)15-13-8-12(21(26)27)9-14(22(28)29)16(13)20(2)19(25)17(15)23(30)31/h3-10,15,25H,1-2H3. The van der Waals surface area contributed by atoms with Gasteiger partial charge in [-0.1, -0.05) is 37.3 Å². The summed E-state index contributed by atoms with van der Waals surface area (Å²) in [5, 5.41) is 45.3. The SMILES string of the molecule is CC(C(=O)c1ccccc1)C1C([N+](=O)[O-])=C(O)N(C)c2c1cc([N+](=O)[O-])cc2[N+](=O)[O-]. The van der Waals surface area contributed by atoms with E-state index in [1.165, 1.54) is 19.1 Å². The predicted octanol–water partition coefficient (Wildman–Crippen LogP) is 3.56. The number of nitro benzene ring substituents is 2. The Balaban J connectivity index is 2.32. The number of nitro groups is 3. The molecule has 160 valence electrons. The van der Waals surface area contributed by atoms with Gasteiger partial charge in [0.2, 0.25) is 0 Å². The monoisotopic (exact) mass is 428 g/mol. The molecule has 2 atom stereocenters. The largest absolute Gasteiger partial charge is 0.490 e. The van der Waals surface area contributed by atoms with Gasteiger partial charge in [-0.05, 0) is 0 Å². The van der Waals surface area contributed by atoms with Gasteiger partial charge in [0, 0.05) is 30.2 Å². The minimum atomic E-state index is -1.47. The first-order valence-corrected chi connectivity index (χ1v) is 8.93. The summed E-state index contributed by atoms with van der Waals surface area (Å²) in [6, 6.07) is 9.54. The summed E-state index contributed by atoms with van der Waals surface area (Å²) in [6.45, 7) is 1.37. The Morgan fingerprint density at radius 3 is 2.16 bits per heavy atom. The molecule has 2 unspecified atom stereocenters. The fourth-order valence-electron chi connectivity index (χ4n) is 3.75. The Bertz CT molecular complexity index is 1150. The van der Waals surface area contributed by atoms with Gasteiger partial charge in [-0.15, -0.1) is 0 Å². The number of Topliss-reactive ketones (excluding diaryl/α,β-unsaturated/α-hetero) is 1. The van der Waals surface area contributed by atoms with Crippen LogP contribution in [0, 0.1) is 36.3 Å². The zero-order chi connectivity index (χ0) is 23.0. The second-order valence-electron chi connectivity index (χ2n) is 6.94. The van der Waals surface area contributed by atoms with Gasteiger partial charge < -0.3 is 10.0 Å². The van der Waals surface area contributed by atoms with Crippen molar-refractivity contribution < 1.29 is 24.7 Å². The van der Waals surface area contributed by atoms with Crippen LogP contribution >= 0.6 is 0 Å². The number of carbonyl (C=O) groups excluding carboxylic acids is 1. The number of hydrogen-bond donors (Lipinski definition) is 1. The maximum atomic E-state index is 13.0. The van der Waals surface area contributed by atoms with Crippen LogP contribution in [0.25, 0.3) is 0 Å². The van der Waals surface area contributed by atoms with Crippen molar-refractivity contribution in [1.82, 2.24) is 0 Å². The van der Waals surface area contributed by atoms with Crippen LogP contribution in [0.3, 0.4) is 0 Å². The van der Waals surface area contributed by atoms with Crippen LogP contribution in [-0.2, 0) is 0 Å². The Kier molecular flexibility index (Phi) is 5.39. The molecule has 1 heterocycles. The van der Waals surface area contributed by atoms with Crippen molar-refractivity contribution in [2.45, 2.75) is 12.8 Å². The average molecular weight is 428 g/mol. The van der Waals surface area contributed by atoms with Gasteiger partial charge in [0.05, 0.1) is 26.8 Å². The van der Waals surface area contributed by atoms with E-state index in [4.69, 9.17) is 0 Å². The van der Waals surface area contributed by atoms with Crippen molar-refractivity contribution in [1.29, 1.82) is 0 Å². The van der Waals surface area contributed by atoms with Crippen LogP contribution in [0.1, 0.15) is 28.8 Å². The van der Waals surface area contributed by atoms with E-state index in [1.807, 2.05) is 0 Å². The van der Waals surface area contributed by atoms with E-state index >= 15 is 0 Å². The number of rotatable bonds is 6. The van der Waals surface area contributed by atoms with Gasteiger partial charge in [-0.25, -0.2) is 0 Å². The van der Waals surface area contributed by atoms with E-state index in [0.717, 1.165) is 18.0 Å². The van der Waals surface area contributed by atoms with Gasteiger partial charge >= 0.3 is 5.70 Å². The molecule has 12 nitrogen and oxygen atoms in total. The molecular formula is C19H16N4O8. The van der Waals surface area contributed by atoms with E-state index < -0.39 is 55.3 Å². The molecule has 0 fully saturated rings. The fourth-order valence-corrected chi connectivity index (χ4v) is 3.75. The van der Waals surface area contributed by atoms with Crippen molar-refractivity contribution in [3.63, 3.8) is 0 Å². The molecule has 31 heavy (non-hydrogen) atoms. The summed E-state index contributed by atoms with van der Waals surface area (Å²) >= 11 is 0. The first-order valence-electron chi connectivity index (χ1n) is 8.93. The molecule has 0 saturated heterocycles. The molecule has 0 bridgehead atoms. The van der Waals surface area contributed by atoms with Gasteiger partial charge in [-0.2, -0.15) is 0 Å². The lowest BCUT2D eigenvalue weighted by molar-refractivity contribution is -0.434. The molecule has 1 aliphatic rings. The quantitative estimate of drug-likeness (QED) is 0.410. The molecular weight excluding hydrogens is 412 g/mol. The number of aliphatic hydroxyl groups is 1. The van der Waals surface area contributed by atoms with Crippen molar-refractivity contribution in [2.24, 2.45) is 5.92 Å². The highest BCUT2D eigenvalue weighted by atomic mass is 16.6. The third-order valence-electron chi connectivity index (χ3n) is 5.19. The number of benzene rings is 2. The van der Waals surface area contributed by atoms with Gasteiger partial charge in [0.1, 0.15) is 5.69 Å². The summed E-state index contributed by atoms with van der Waals surface area (Å²) in [5.41, 5.74) is -2.34. The molecule has 2 aromatic rings. The Hall–Kier alpha value is -4.35. The normalized spacial score (nSPS) is 16.5. The second-order valence-corrected chi connectivity index (χ2v) is 6.94. The maximum Gasteiger partial charge on any atom is 0.313 e. The Morgan fingerprint density at radius 2 is 1.65 bits per heavy atom. The zero-order valence-corrected chi connectivity index (χ0v) is 16.3. The number of fused-ring (bicyclic) bond motifs is 1. The molecule has 0 spiro atoms. The number of ketones is 1. The second kappa shape index (κ2) is 7.82. The number of aliphatic hydroxyl groups excluding tert-OH is 1. The number of allylic oxidation sites excluding steroid dienone is 1. The van der Waals surface area contributed by atoms with Crippen LogP contribution in [0.5, 0.6) is 0 Å². The number of nitrogens with zero attached hydrogens (tertiary/aromatic N) is 4. The number of non-ortho nitro benzene ring substituents is 1. The van der Waals surface area contributed by atoms with Gasteiger partial charge in [-0.3, -0.25) is 35.1 Å². The molecule has 2 aromatic carbocycles. The van der Waals surface area contributed by atoms with Crippen LogP contribution < -0.4 is 4.90 Å². The number of carbonyl (C=O) groups is 1. The zero-order valence-electron chi connectivity index (χ0n) is 16.3. The lowest BCUT2D eigenvalue weighted by atomic mass is 9.77. The van der Waals surface area contributed by atoms with Crippen molar-refractivity contribution in [2.75, 3.05) is 11.9 Å². The lowest BCUT2D eigenvalue weighted by Gasteiger charge is -2.32. The molecule has 0 aliphatic carbocycles. The average Bonchev–Trinajstić information content (AvgIpc) is 2.74. The molecule has 12 heteroatoms. The topological polar surface area (TPSA) is 170 Å². The summed E-state index contributed by atoms with van der Waals surface area (Å²) < 4.78 is 0. The number of anilines is 1. The highest BCUT2D eigenvalue weighted by molar-refractivity contribution is 5.99. The van der Waals surface area contributed by atoms with Crippen LogP contribution in [0.15, 0.2) is 54.0 Å². The van der Waals surface area contributed by atoms with Crippen molar-refractivity contribution in [3.05, 3.63) is 95.5 Å². The summed E-state index contributed by atoms with van der Waals surface area (Å²) in [4.78, 5) is 46.0. The third-order valence-corrected chi connectivity index (χ3v) is 5.19. The van der Waals surface area contributed by atoms with Crippen LogP contribution in [0.4, 0.5) is 17.1 Å².